The standard InChI is InChI=1S/C15H18N2OS/c1-9-5-7-11(8-6-9)12-10(2)19-14(16)13(12)15(18)17(3)4/h5-8H,16H2,1-4H3. The molecule has 100 valence electrons. The van der Waals surface area contributed by atoms with Crippen molar-refractivity contribution in [2.45, 2.75) is 13.8 Å². The number of carbonyl (C=O) groups is 1. The van der Waals surface area contributed by atoms with Gasteiger partial charge in [0.1, 0.15) is 0 Å². The molecule has 1 amide bonds. The van der Waals surface area contributed by atoms with Crippen LogP contribution >= 0.6 is 11.3 Å². The Hall–Kier alpha value is -1.81. The van der Waals surface area contributed by atoms with Gasteiger partial charge >= 0.3 is 0 Å². The molecule has 0 spiro atoms. The molecule has 1 aromatic carbocycles. The molecule has 0 saturated carbocycles. The average Bonchev–Trinajstić information content (AvgIpc) is 2.64. The molecule has 0 saturated heterocycles. The lowest BCUT2D eigenvalue weighted by Crippen LogP contribution is -2.22. The van der Waals surface area contributed by atoms with E-state index in [1.807, 2.05) is 38.1 Å². The van der Waals surface area contributed by atoms with Crippen LogP contribution in [-0.4, -0.2) is 24.9 Å². The fraction of sp³-hybridized carbons (Fsp3) is 0.267. The van der Waals surface area contributed by atoms with Crippen LogP contribution in [0.5, 0.6) is 0 Å². The summed E-state index contributed by atoms with van der Waals surface area (Å²) in [6.07, 6.45) is 0. The smallest absolute Gasteiger partial charge is 0.256 e. The summed E-state index contributed by atoms with van der Waals surface area (Å²) in [7, 11) is 3.49. The first-order valence-corrected chi connectivity index (χ1v) is 6.91. The largest absolute Gasteiger partial charge is 0.390 e. The molecule has 0 bridgehead atoms. The van der Waals surface area contributed by atoms with Crippen LogP contribution in [0.1, 0.15) is 20.8 Å². The van der Waals surface area contributed by atoms with Crippen LogP contribution in [0.2, 0.25) is 0 Å². The van der Waals surface area contributed by atoms with Gasteiger partial charge in [-0.05, 0) is 19.4 Å². The molecule has 4 heteroatoms. The molecule has 1 heterocycles. The van der Waals surface area contributed by atoms with E-state index in [9.17, 15) is 4.79 Å². The molecule has 2 aromatic rings. The Morgan fingerprint density at radius 2 is 1.74 bits per heavy atom. The maximum Gasteiger partial charge on any atom is 0.256 e. The van der Waals surface area contributed by atoms with Crippen molar-refractivity contribution in [1.29, 1.82) is 0 Å². The van der Waals surface area contributed by atoms with Crippen molar-refractivity contribution in [1.82, 2.24) is 4.90 Å². The molecular weight excluding hydrogens is 256 g/mol. The van der Waals surface area contributed by atoms with Gasteiger partial charge < -0.3 is 10.6 Å². The van der Waals surface area contributed by atoms with Gasteiger partial charge in [0.05, 0.1) is 10.6 Å². The van der Waals surface area contributed by atoms with E-state index in [0.29, 0.717) is 10.6 Å². The number of nitrogens with two attached hydrogens (primary N) is 1. The number of benzene rings is 1. The third-order valence-corrected chi connectivity index (χ3v) is 4.01. The molecule has 2 N–H and O–H groups in total. The molecule has 0 aliphatic heterocycles. The van der Waals surface area contributed by atoms with Crippen molar-refractivity contribution in [2.75, 3.05) is 19.8 Å². The van der Waals surface area contributed by atoms with E-state index < -0.39 is 0 Å². The van der Waals surface area contributed by atoms with Crippen molar-refractivity contribution in [2.24, 2.45) is 0 Å². The molecule has 3 nitrogen and oxygen atoms in total. The topological polar surface area (TPSA) is 46.3 Å². The zero-order chi connectivity index (χ0) is 14.2. The van der Waals surface area contributed by atoms with Crippen LogP contribution in [0.25, 0.3) is 11.1 Å². The van der Waals surface area contributed by atoms with Gasteiger partial charge in [-0.25, -0.2) is 0 Å². The SMILES string of the molecule is Cc1ccc(-c2c(C)sc(N)c2C(=O)N(C)C)cc1. The van der Waals surface area contributed by atoms with Crippen LogP contribution in [-0.2, 0) is 0 Å². The number of hydrogen-bond acceptors (Lipinski definition) is 3. The number of amides is 1. The summed E-state index contributed by atoms with van der Waals surface area (Å²) in [6, 6.07) is 8.17. The van der Waals surface area contributed by atoms with Gasteiger partial charge in [0, 0.05) is 24.5 Å². The summed E-state index contributed by atoms with van der Waals surface area (Å²) in [5, 5.41) is 0.590. The predicted molar refractivity (Wildman–Crippen MR) is 81.7 cm³/mol. The summed E-state index contributed by atoms with van der Waals surface area (Å²) >= 11 is 1.47. The van der Waals surface area contributed by atoms with E-state index in [1.54, 1.807) is 19.0 Å². The Morgan fingerprint density at radius 1 is 1.16 bits per heavy atom. The lowest BCUT2D eigenvalue weighted by molar-refractivity contribution is 0.0829. The summed E-state index contributed by atoms with van der Waals surface area (Å²) < 4.78 is 0. The van der Waals surface area contributed by atoms with Crippen LogP contribution in [0.15, 0.2) is 24.3 Å². The van der Waals surface area contributed by atoms with E-state index in [4.69, 9.17) is 5.73 Å². The highest BCUT2D eigenvalue weighted by molar-refractivity contribution is 7.16. The lowest BCUT2D eigenvalue weighted by atomic mass is 10.00. The summed E-state index contributed by atoms with van der Waals surface area (Å²) in [5.74, 6) is -0.0441. The fourth-order valence-corrected chi connectivity index (χ4v) is 3.01. The number of thiophene rings is 1. The van der Waals surface area contributed by atoms with Gasteiger partial charge in [0.15, 0.2) is 0 Å². The third kappa shape index (κ3) is 2.49. The number of hydrogen-bond donors (Lipinski definition) is 1. The minimum Gasteiger partial charge on any atom is -0.390 e. The molecule has 0 fully saturated rings. The van der Waals surface area contributed by atoms with E-state index in [2.05, 4.69) is 0 Å². The fourth-order valence-electron chi connectivity index (χ4n) is 2.07. The second kappa shape index (κ2) is 5.05. The quantitative estimate of drug-likeness (QED) is 0.913. The van der Waals surface area contributed by atoms with Gasteiger partial charge in [-0.1, -0.05) is 29.8 Å². The molecule has 2 rings (SSSR count). The van der Waals surface area contributed by atoms with Crippen LogP contribution < -0.4 is 5.73 Å². The monoisotopic (exact) mass is 274 g/mol. The number of rotatable bonds is 2. The molecule has 0 atom stereocenters. The molecule has 0 radical (unpaired) electrons. The summed E-state index contributed by atoms with van der Waals surface area (Å²) in [6.45, 7) is 4.05. The Kier molecular flexibility index (Phi) is 3.62. The Labute approximate surface area is 117 Å². The van der Waals surface area contributed by atoms with Crippen molar-refractivity contribution < 1.29 is 4.79 Å². The first kappa shape index (κ1) is 13.6. The number of nitrogens with zero attached hydrogens (tertiary/aromatic N) is 1. The minimum absolute atomic E-state index is 0.0441. The Bertz CT molecular complexity index is 612. The zero-order valence-corrected chi connectivity index (χ0v) is 12.5. The van der Waals surface area contributed by atoms with Gasteiger partial charge in [-0.3, -0.25) is 4.79 Å². The molecule has 0 unspecified atom stereocenters. The van der Waals surface area contributed by atoms with E-state index >= 15 is 0 Å². The van der Waals surface area contributed by atoms with Gasteiger partial charge in [0.2, 0.25) is 0 Å². The van der Waals surface area contributed by atoms with Crippen LogP contribution in [0.4, 0.5) is 5.00 Å². The Morgan fingerprint density at radius 3 is 2.26 bits per heavy atom. The van der Waals surface area contributed by atoms with Gasteiger partial charge in [-0.15, -0.1) is 11.3 Å². The zero-order valence-electron chi connectivity index (χ0n) is 11.7. The maximum absolute atomic E-state index is 12.3. The molecule has 19 heavy (non-hydrogen) atoms. The van der Waals surface area contributed by atoms with Gasteiger partial charge in [0.25, 0.3) is 5.91 Å². The first-order valence-electron chi connectivity index (χ1n) is 6.09. The normalized spacial score (nSPS) is 10.5. The Balaban J connectivity index is 2.63. The number of carbonyl (C=O) groups excluding carboxylic acids is 1. The van der Waals surface area contributed by atoms with Crippen LogP contribution in [0.3, 0.4) is 0 Å². The average molecular weight is 274 g/mol. The predicted octanol–water partition coefficient (Wildman–Crippen LogP) is 3.32. The van der Waals surface area contributed by atoms with E-state index in [-0.39, 0.29) is 5.91 Å². The van der Waals surface area contributed by atoms with Gasteiger partial charge in [-0.2, -0.15) is 0 Å². The van der Waals surface area contributed by atoms with Crippen molar-refractivity contribution in [3.8, 4) is 11.1 Å². The highest BCUT2D eigenvalue weighted by Gasteiger charge is 2.22. The minimum atomic E-state index is -0.0441. The van der Waals surface area contributed by atoms with E-state index in [0.717, 1.165) is 16.0 Å². The molecule has 0 aliphatic carbocycles. The highest BCUT2D eigenvalue weighted by Crippen LogP contribution is 2.38. The second-order valence-electron chi connectivity index (χ2n) is 4.84. The maximum atomic E-state index is 12.3. The molecule has 1 aromatic heterocycles. The van der Waals surface area contributed by atoms with Crippen molar-refractivity contribution in [3.05, 3.63) is 40.3 Å². The lowest BCUT2D eigenvalue weighted by Gasteiger charge is -2.12. The molecular formula is C15H18N2OS. The van der Waals surface area contributed by atoms with Crippen molar-refractivity contribution >= 4 is 22.2 Å². The van der Waals surface area contributed by atoms with Crippen molar-refractivity contribution in [3.63, 3.8) is 0 Å². The van der Waals surface area contributed by atoms with Crippen LogP contribution in [0, 0.1) is 13.8 Å². The number of nitrogen functional groups attached to an aromatic ring is 1. The van der Waals surface area contributed by atoms with E-state index in [1.165, 1.54) is 16.9 Å². The molecule has 0 aliphatic rings. The third-order valence-electron chi connectivity index (χ3n) is 3.07. The number of aryl methyl sites for hydroxylation is 2. The second-order valence-corrected chi connectivity index (χ2v) is 6.09. The number of anilines is 1. The summed E-state index contributed by atoms with van der Waals surface area (Å²) in [4.78, 5) is 14.9. The summed E-state index contributed by atoms with van der Waals surface area (Å²) in [5.41, 5.74) is 9.84. The highest BCUT2D eigenvalue weighted by atomic mass is 32.1. The first-order chi connectivity index (χ1) is 8.91.